The molecule has 0 spiro atoms. The zero-order chi connectivity index (χ0) is 12.9. The fourth-order valence-electron chi connectivity index (χ4n) is 1.26. The molecule has 4 heteroatoms. The van der Waals surface area contributed by atoms with E-state index >= 15 is 0 Å². The van der Waals surface area contributed by atoms with Crippen LogP contribution in [0.2, 0.25) is 0 Å². The second-order valence-corrected chi connectivity index (χ2v) is 5.76. The maximum Gasteiger partial charge on any atom is 0.188 e. The lowest BCUT2D eigenvalue weighted by Crippen LogP contribution is -2.35. The number of rotatable bonds is 5. The first-order valence-electron chi connectivity index (χ1n) is 5.57. The summed E-state index contributed by atoms with van der Waals surface area (Å²) >= 11 is 3.54. The molecule has 96 valence electrons. The van der Waals surface area contributed by atoms with Gasteiger partial charge in [0.2, 0.25) is 0 Å². The molecule has 0 saturated heterocycles. The van der Waals surface area contributed by atoms with Gasteiger partial charge in [0.1, 0.15) is 5.75 Å². The lowest BCUT2D eigenvalue weighted by Gasteiger charge is -2.21. The predicted octanol–water partition coefficient (Wildman–Crippen LogP) is 3.32. The Morgan fingerprint density at radius 1 is 1.29 bits per heavy atom. The van der Waals surface area contributed by atoms with Crippen LogP contribution in [-0.4, -0.2) is 19.4 Å². The van der Waals surface area contributed by atoms with Crippen molar-refractivity contribution >= 4 is 15.9 Å². The molecule has 0 heterocycles. The third kappa shape index (κ3) is 5.52. The summed E-state index contributed by atoms with van der Waals surface area (Å²) in [6.07, 6.45) is 0. The van der Waals surface area contributed by atoms with E-state index in [1.54, 1.807) is 7.11 Å². The Hall–Kier alpha value is -0.580. The molecule has 0 bridgehead atoms. The SMILES string of the molecule is COCOc1ccc(Br)c(CNC(C)(C)C)c1. The van der Waals surface area contributed by atoms with E-state index in [1.807, 2.05) is 18.2 Å². The first-order chi connectivity index (χ1) is 7.92. The van der Waals surface area contributed by atoms with Crippen molar-refractivity contribution in [1.82, 2.24) is 5.32 Å². The highest BCUT2D eigenvalue weighted by Gasteiger charge is 2.10. The zero-order valence-corrected chi connectivity index (χ0v) is 12.4. The maximum absolute atomic E-state index is 5.41. The largest absolute Gasteiger partial charge is 0.468 e. The van der Waals surface area contributed by atoms with Gasteiger partial charge in [-0.1, -0.05) is 15.9 Å². The van der Waals surface area contributed by atoms with Gasteiger partial charge in [-0.2, -0.15) is 0 Å². The van der Waals surface area contributed by atoms with Crippen molar-refractivity contribution in [3.8, 4) is 5.75 Å². The minimum absolute atomic E-state index is 0.100. The number of hydrogen-bond acceptors (Lipinski definition) is 3. The Labute approximate surface area is 112 Å². The number of benzene rings is 1. The lowest BCUT2D eigenvalue weighted by molar-refractivity contribution is 0.0510. The second-order valence-electron chi connectivity index (χ2n) is 4.91. The Balaban J connectivity index is 2.69. The average molecular weight is 302 g/mol. The minimum atomic E-state index is 0.100. The highest BCUT2D eigenvalue weighted by molar-refractivity contribution is 9.10. The van der Waals surface area contributed by atoms with Crippen molar-refractivity contribution in [3.05, 3.63) is 28.2 Å². The summed E-state index contributed by atoms with van der Waals surface area (Å²) in [6, 6.07) is 5.93. The van der Waals surface area contributed by atoms with E-state index in [0.29, 0.717) is 0 Å². The maximum atomic E-state index is 5.41. The van der Waals surface area contributed by atoms with E-state index < -0.39 is 0 Å². The van der Waals surface area contributed by atoms with Gasteiger partial charge in [-0.3, -0.25) is 0 Å². The van der Waals surface area contributed by atoms with Crippen LogP contribution in [0.25, 0.3) is 0 Å². The average Bonchev–Trinajstić information content (AvgIpc) is 2.25. The number of ether oxygens (including phenoxy) is 2. The van der Waals surface area contributed by atoms with Crippen LogP contribution in [0, 0.1) is 0 Å². The van der Waals surface area contributed by atoms with Gasteiger partial charge in [0.05, 0.1) is 0 Å². The molecule has 17 heavy (non-hydrogen) atoms. The Morgan fingerprint density at radius 3 is 2.59 bits per heavy atom. The van der Waals surface area contributed by atoms with E-state index in [4.69, 9.17) is 9.47 Å². The number of nitrogens with one attached hydrogen (secondary N) is 1. The normalized spacial score (nSPS) is 11.6. The monoisotopic (exact) mass is 301 g/mol. The van der Waals surface area contributed by atoms with Crippen LogP contribution in [0.3, 0.4) is 0 Å². The summed E-state index contributed by atoms with van der Waals surface area (Å²) in [5.41, 5.74) is 1.27. The molecule has 0 aliphatic rings. The van der Waals surface area contributed by atoms with Crippen molar-refractivity contribution < 1.29 is 9.47 Å². The number of halogens is 1. The fraction of sp³-hybridized carbons (Fsp3) is 0.538. The van der Waals surface area contributed by atoms with E-state index in [-0.39, 0.29) is 12.3 Å². The van der Waals surface area contributed by atoms with Crippen molar-refractivity contribution in [2.45, 2.75) is 32.9 Å². The Morgan fingerprint density at radius 2 is 2.00 bits per heavy atom. The van der Waals surface area contributed by atoms with Crippen LogP contribution in [-0.2, 0) is 11.3 Å². The van der Waals surface area contributed by atoms with Gasteiger partial charge in [-0.25, -0.2) is 0 Å². The van der Waals surface area contributed by atoms with Gasteiger partial charge in [-0.15, -0.1) is 0 Å². The molecule has 0 fully saturated rings. The van der Waals surface area contributed by atoms with Gasteiger partial charge in [0, 0.05) is 23.7 Å². The highest BCUT2D eigenvalue weighted by Crippen LogP contribution is 2.23. The van der Waals surface area contributed by atoms with Crippen molar-refractivity contribution in [3.63, 3.8) is 0 Å². The highest BCUT2D eigenvalue weighted by atomic mass is 79.9. The van der Waals surface area contributed by atoms with Crippen LogP contribution < -0.4 is 10.1 Å². The molecule has 0 saturated carbocycles. The van der Waals surface area contributed by atoms with Crippen LogP contribution >= 0.6 is 15.9 Å². The van der Waals surface area contributed by atoms with Gasteiger partial charge in [0.25, 0.3) is 0 Å². The molecule has 0 atom stereocenters. The third-order valence-corrected chi connectivity index (χ3v) is 2.94. The van der Waals surface area contributed by atoms with E-state index in [0.717, 1.165) is 16.8 Å². The minimum Gasteiger partial charge on any atom is -0.468 e. The predicted molar refractivity (Wildman–Crippen MR) is 73.2 cm³/mol. The van der Waals surface area contributed by atoms with Gasteiger partial charge < -0.3 is 14.8 Å². The first kappa shape index (κ1) is 14.5. The second kappa shape index (κ2) is 6.38. The Bertz CT molecular complexity index is 361. The molecule has 1 N–H and O–H groups in total. The quantitative estimate of drug-likeness (QED) is 0.846. The Kier molecular flexibility index (Phi) is 5.43. The molecule has 3 nitrogen and oxygen atoms in total. The molecule has 1 aromatic rings. The van der Waals surface area contributed by atoms with Crippen molar-refractivity contribution in [2.75, 3.05) is 13.9 Å². The molecular formula is C13H20BrNO2. The summed E-state index contributed by atoms with van der Waals surface area (Å²) in [6.45, 7) is 7.51. The van der Waals surface area contributed by atoms with Gasteiger partial charge in [-0.05, 0) is 44.5 Å². The van der Waals surface area contributed by atoms with Crippen LogP contribution in [0.5, 0.6) is 5.75 Å². The number of methoxy groups -OCH3 is 1. The summed E-state index contributed by atoms with van der Waals surface area (Å²) < 4.78 is 11.4. The summed E-state index contributed by atoms with van der Waals surface area (Å²) in [5, 5.41) is 3.45. The molecule has 0 aliphatic carbocycles. The van der Waals surface area contributed by atoms with E-state index in [9.17, 15) is 0 Å². The van der Waals surface area contributed by atoms with Crippen molar-refractivity contribution in [2.24, 2.45) is 0 Å². The van der Waals surface area contributed by atoms with E-state index in [2.05, 4.69) is 42.0 Å². The smallest absolute Gasteiger partial charge is 0.188 e. The van der Waals surface area contributed by atoms with Gasteiger partial charge in [0.15, 0.2) is 6.79 Å². The molecule has 0 aliphatic heterocycles. The molecule has 0 aromatic heterocycles. The molecule has 0 radical (unpaired) electrons. The standard InChI is InChI=1S/C13H20BrNO2/c1-13(2,3)15-8-10-7-11(17-9-16-4)5-6-12(10)14/h5-7,15H,8-9H2,1-4H3. The molecule has 0 amide bonds. The summed E-state index contributed by atoms with van der Waals surface area (Å²) in [4.78, 5) is 0. The van der Waals surface area contributed by atoms with Crippen LogP contribution in [0.15, 0.2) is 22.7 Å². The van der Waals surface area contributed by atoms with Gasteiger partial charge >= 0.3 is 0 Å². The summed E-state index contributed by atoms with van der Waals surface area (Å²) in [7, 11) is 1.61. The van der Waals surface area contributed by atoms with Crippen LogP contribution in [0.4, 0.5) is 0 Å². The molecule has 1 aromatic carbocycles. The zero-order valence-electron chi connectivity index (χ0n) is 10.8. The number of hydrogen-bond donors (Lipinski definition) is 1. The van der Waals surface area contributed by atoms with E-state index in [1.165, 1.54) is 5.56 Å². The third-order valence-electron chi connectivity index (χ3n) is 2.17. The molecule has 0 unspecified atom stereocenters. The van der Waals surface area contributed by atoms with Crippen molar-refractivity contribution in [1.29, 1.82) is 0 Å². The molecule has 1 rings (SSSR count). The topological polar surface area (TPSA) is 30.5 Å². The summed E-state index contributed by atoms with van der Waals surface area (Å²) in [5.74, 6) is 0.820. The fourth-order valence-corrected chi connectivity index (χ4v) is 1.65. The lowest BCUT2D eigenvalue weighted by atomic mass is 10.1. The first-order valence-corrected chi connectivity index (χ1v) is 6.37. The molecular weight excluding hydrogens is 282 g/mol. The van der Waals surface area contributed by atoms with Crippen LogP contribution in [0.1, 0.15) is 26.3 Å².